The Labute approximate surface area is 142 Å². The molecule has 6 nitrogen and oxygen atoms in total. The zero-order chi connectivity index (χ0) is 17.1. The molecular weight excluding hydrogens is 306 g/mol. The van der Waals surface area contributed by atoms with Crippen molar-refractivity contribution in [3.8, 4) is 0 Å². The van der Waals surface area contributed by atoms with E-state index in [1.165, 1.54) is 56.5 Å². The van der Waals surface area contributed by atoms with Gasteiger partial charge in [-0.15, -0.1) is 0 Å². The normalized spacial score (nSPS) is 29.0. The minimum atomic E-state index is -0.449. The van der Waals surface area contributed by atoms with Crippen LogP contribution in [-0.2, 0) is 0 Å². The topological polar surface area (TPSA) is 76.7 Å². The summed E-state index contributed by atoms with van der Waals surface area (Å²) in [7, 11) is 0. The Bertz CT molecular complexity index is 588. The molecule has 2 aliphatic rings. The van der Waals surface area contributed by atoms with Gasteiger partial charge in [-0.25, -0.2) is 0 Å². The number of hydrogen-bond acceptors (Lipinski definition) is 3. The summed E-state index contributed by atoms with van der Waals surface area (Å²) in [6, 6.07) is 7.40. The Hall–Kier alpha value is -1.95. The van der Waals surface area contributed by atoms with E-state index in [4.69, 9.17) is 0 Å². The Morgan fingerprint density at radius 2 is 1.88 bits per heavy atom. The molecule has 0 radical (unpaired) electrons. The minimum Gasteiger partial charge on any atom is -0.349 e. The lowest BCUT2D eigenvalue weighted by Gasteiger charge is -2.46. The number of nitrogens with zero attached hydrogens (tertiary/aromatic N) is 1. The summed E-state index contributed by atoms with van der Waals surface area (Å²) in [5.41, 5.74) is 0.506. The third kappa shape index (κ3) is 3.59. The molecule has 1 aromatic rings. The number of benzene rings is 1. The fourth-order valence-electron chi connectivity index (χ4n) is 4.45. The molecule has 2 heterocycles. The van der Waals surface area contributed by atoms with Gasteiger partial charge in [0.05, 0.1) is 23.6 Å². The predicted molar refractivity (Wildman–Crippen MR) is 91.1 cm³/mol. The lowest BCUT2D eigenvalue weighted by molar-refractivity contribution is -0.961. The summed E-state index contributed by atoms with van der Waals surface area (Å²) in [5.74, 6) is -0.119. The van der Waals surface area contributed by atoms with Gasteiger partial charge in [-0.05, 0) is 37.8 Å². The van der Waals surface area contributed by atoms with Crippen molar-refractivity contribution in [1.29, 1.82) is 0 Å². The van der Waals surface area contributed by atoms with Gasteiger partial charge in [-0.2, -0.15) is 0 Å². The van der Waals surface area contributed by atoms with Crippen LogP contribution in [0.25, 0.3) is 0 Å². The fourth-order valence-corrected chi connectivity index (χ4v) is 4.45. The van der Waals surface area contributed by atoms with Gasteiger partial charge in [0.2, 0.25) is 0 Å². The summed E-state index contributed by atoms with van der Waals surface area (Å²) in [6.07, 6.45) is 7.13. The number of nitro groups is 1. The number of hydrogen-bond donors (Lipinski definition) is 2. The Morgan fingerprint density at radius 1 is 1.25 bits per heavy atom. The number of carbonyl (C=O) groups excluding carboxylic acids is 1. The zero-order valence-corrected chi connectivity index (χ0v) is 14.2. The van der Waals surface area contributed by atoms with E-state index in [2.05, 4.69) is 12.2 Å². The van der Waals surface area contributed by atoms with Gasteiger partial charge < -0.3 is 10.2 Å². The molecule has 1 aromatic carbocycles. The first-order chi connectivity index (χ1) is 11.6. The number of nitrogens with one attached hydrogen (secondary N) is 2. The first kappa shape index (κ1) is 16.9. The third-order valence-corrected chi connectivity index (χ3v) is 5.51. The summed E-state index contributed by atoms with van der Waals surface area (Å²) in [6.45, 7) is 3.48. The highest BCUT2D eigenvalue weighted by Gasteiger charge is 2.41. The van der Waals surface area contributed by atoms with Crippen molar-refractivity contribution in [2.45, 2.75) is 63.6 Å². The molecule has 2 saturated heterocycles. The van der Waals surface area contributed by atoms with Crippen molar-refractivity contribution in [2.24, 2.45) is 0 Å². The third-order valence-electron chi connectivity index (χ3n) is 5.51. The highest BCUT2D eigenvalue weighted by molar-refractivity contribution is 5.94. The van der Waals surface area contributed by atoms with Crippen LogP contribution in [0.4, 0.5) is 5.69 Å². The van der Waals surface area contributed by atoms with Crippen LogP contribution in [-0.4, -0.2) is 35.5 Å². The van der Waals surface area contributed by atoms with Crippen LogP contribution in [0.5, 0.6) is 0 Å². The van der Waals surface area contributed by atoms with Crippen LogP contribution < -0.4 is 10.2 Å². The molecule has 2 bridgehead atoms. The zero-order valence-electron chi connectivity index (χ0n) is 14.2. The van der Waals surface area contributed by atoms with Gasteiger partial charge in [-0.1, -0.05) is 6.92 Å². The number of amides is 1. The standard InChI is InChI=1S/C18H25N3O3/c1-2-10-20-16-4-3-5-17(20)12-14(11-16)19-18(22)13-6-8-15(9-7-13)21(23)24/h6-9,14,16-17H,2-5,10-12H2,1H3,(H,19,22)/p+1/t14?,16-,17+. The van der Waals surface area contributed by atoms with Gasteiger partial charge in [0.25, 0.3) is 11.6 Å². The number of fused-ring (bicyclic) bond motifs is 2. The molecule has 24 heavy (non-hydrogen) atoms. The molecule has 0 saturated carbocycles. The lowest BCUT2D eigenvalue weighted by Crippen LogP contribution is -3.21. The average molecular weight is 332 g/mol. The van der Waals surface area contributed by atoms with E-state index in [9.17, 15) is 14.9 Å². The highest BCUT2D eigenvalue weighted by atomic mass is 16.6. The summed E-state index contributed by atoms with van der Waals surface area (Å²) < 4.78 is 0. The van der Waals surface area contributed by atoms with Crippen LogP contribution in [0.15, 0.2) is 24.3 Å². The van der Waals surface area contributed by atoms with Crippen LogP contribution >= 0.6 is 0 Å². The number of piperidine rings is 2. The van der Waals surface area contributed by atoms with Crippen LogP contribution in [0.3, 0.4) is 0 Å². The molecule has 130 valence electrons. The Morgan fingerprint density at radius 3 is 2.42 bits per heavy atom. The number of non-ortho nitro benzene ring substituents is 1. The average Bonchev–Trinajstić information content (AvgIpc) is 2.55. The largest absolute Gasteiger partial charge is 0.349 e. The summed E-state index contributed by atoms with van der Waals surface area (Å²) in [4.78, 5) is 24.4. The van der Waals surface area contributed by atoms with E-state index in [-0.39, 0.29) is 17.6 Å². The lowest BCUT2D eigenvalue weighted by atomic mass is 9.81. The van der Waals surface area contributed by atoms with E-state index in [0.717, 1.165) is 12.8 Å². The number of nitro benzene ring substituents is 1. The maximum absolute atomic E-state index is 12.4. The quantitative estimate of drug-likeness (QED) is 0.636. The maximum Gasteiger partial charge on any atom is 0.269 e. The molecule has 4 atom stereocenters. The second kappa shape index (κ2) is 7.30. The van der Waals surface area contributed by atoms with Crippen molar-refractivity contribution in [1.82, 2.24) is 5.32 Å². The van der Waals surface area contributed by atoms with Crippen molar-refractivity contribution in [3.05, 3.63) is 39.9 Å². The molecular formula is C18H26N3O3+. The van der Waals surface area contributed by atoms with E-state index >= 15 is 0 Å². The van der Waals surface area contributed by atoms with Crippen LogP contribution in [0.2, 0.25) is 0 Å². The summed E-state index contributed by atoms with van der Waals surface area (Å²) >= 11 is 0. The first-order valence-electron chi connectivity index (χ1n) is 8.99. The van der Waals surface area contributed by atoms with Crippen molar-refractivity contribution in [3.63, 3.8) is 0 Å². The number of rotatable bonds is 5. The van der Waals surface area contributed by atoms with Crippen molar-refractivity contribution in [2.75, 3.05) is 6.54 Å². The van der Waals surface area contributed by atoms with Gasteiger partial charge in [0.15, 0.2) is 0 Å². The minimum absolute atomic E-state index is 0.0116. The summed E-state index contributed by atoms with van der Waals surface area (Å²) in [5, 5.41) is 13.9. The van der Waals surface area contributed by atoms with Crippen molar-refractivity contribution < 1.29 is 14.6 Å². The molecule has 2 N–H and O–H groups in total. The molecule has 2 aliphatic heterocycles. The molecule has 3 rings (SSSR count). The van der Waals surface area contributed by atoms with Gasteiger partial charge >= 0.3 is 0 Å². The predicted octanol–water partition coefficient (Wildman–Crippen LogP) is 1.70. The Balaban J connectivity index is 1.62. The first-order valence-corrected chi connectivity index (χ1v) is 8.99. The molecule has 2 fully saturated rings. The highest BCUT2D eigenvalue weighted by Crippen LogP contribution is 2.22. The molecule has 1 amide bonds. The van der Waals surface area contributed by atoms with Crippen LogP contribution in [0.1, 0.15) is 55.8 Å². The Kier molecular flexibility index (Phi) is 5.14. The van der Waals surface area contributed by atoms with E-state index in [1.807, 2.05) is 0 Å². The fraction of sp³-hybridized carbons (Fsp3) is 0.611. The smallest absolute Gasteiger partial charge is 0.269 e. The van der Waals surface area contributed by atoms with Crippen LogP contribution in [0, 0.1) is 10.1 Å². The number of quaternary nitrogens is 1. The SMILES string of the molecule is CCC[NH+]1[C@@H]2CCC[C@H]1CC(NC(=O)c1ccc([N+](=O)[O-])cc1)C2. The monoisotopic (exact) mass is 332 g/mol. The molecule has 0 spiro atoms. The second-order valence-electron chi connectivity index (χ2n) is 7.10. The van der Waals surface area contributed by atoms with Gasteiger partial charge in [0.1, 0.15) is 0 Å². The molecule has 2 unspecified atom stereocenters. The van der Waals surface area contributed by atoms with Gasteiger partial charge in [0, 0.05) is 36.6 Å². The molecule has 0 aromatic heterocycles. The number of carbonyl (C=O) groups is 1. The van der Waals surface area contributed by atoms with Crippen molar-refractivity contribution >= 4 is 11.6 Å². The maximum atomic E-state index is 12.4. The van der Waals surface area contributed by atoms with E-state index in [1.54, 1.807) is 4.90 Å². The van der Waals surface area contributed by atoms with Gasteiger partial charge in [-0.3, -0.25) is 14.9 Å². The van der Waals surface area contributed by atoms with E-state index < -0.39 is 4.92 Å². The molecule has 6 heteroatoms. The molecule has 0 aliphatic carbocycles. The second-order valence-corrected chi connectivity index (χ2v) is 7.10. The van der Waals surface area contributed by atoms with E-state index in [0.29, 0.717) is 17.6 Å².